The van der Waals surface area contributed by atoms with Crippen LogP contribution in [0.3, 0.4) is 0 Å². The molecule has 9 nitrogen and oxygen atoms in total. The molecule has 164 valence electrons. The summed E-state index contributed by atoms with van der Waals surface area (Å²) in [5.74, 6) is 0.234. The van der Waals surface area contributed by atoms with Gasteiger partial charge >= 0.3 is 0 Å². The Morgan fingerprint density at radius 3 is 2.78 bits per heavy atom. The number of amides is 2. The predicted molar refractivity (Wildman–Crippen MR) is 125 cm³/mol. The van der Waals surface area contributed by atoms with Crippen LogP contribution in [0.15, 0.2) is 46.7 Å². The maximum Gasteiger partial charge on any atom is 0.258 e. The molecule has 2 amide bonds. The lowest BCUT2D eigenvalue weighted by Gasteiger charge is -2.01. The molecular formula is C21H19N5O4S2. The SMILES string of the molecule is CCOc1ccc2nc(NC(=O)CCc3csc(NC(=O)c4ccc(=O)[nH]c4)n3)sc2c1. The fourth-order valence-corrected chi connectivity index (χ4v) is 4.49. The highest BCUT2D eigenvalue weighted by Crippen LogP contribution is 2.29. The van der Waals surface area contributed by atoms with E-state index in [0.717, 1.165) is 16.0 Å². The van der Waals surface area contributed by atoms with Crippen LogP contribution < -0.4 is 20.9 Å². The van der Waals surface area contributed by atoms with Gasteiger partial charge in [0.25, 0.3) is 5.91 Å². The molecule has 3 heterocycles. The van der Waals surface area contributed by atoms with Crippen molar-refractivity contribution in [1.29, 1.82) is 0 Å². The average Bonchev–Trinajstić information content (AvgIpc) is 3.38. The quantitative estimate of drug-likeness (QED) is 0.362. The molecule has 0 radical (unpaired) electrons. The van der Waals surface area contributed by atoms with Gasteiger partial charge in [-0.25, -0.2) is 9.97 Å². The number of ether oxygens (including phenoxy) is 1. The minimum atomic E-state index is -0.372. The summed E-state index contributed by atoms with van der Waals surface area (Å²) in [5.41, 5.74) is 1.55. The summed E-state index contributed by atoms with van der Waals surface area (Å²) in [4.78, 5) is 46.8. The molecule has 0 fully saturated rings. The van der Waals surface area contributed by atoms with Crippen LogP contribution in [-0.2, 0) is 11.2 Å². The molecule has 3 aromatic heterocycles. The normalized spacial score (nSPS) is 10.8. The first-order valence-electron chi connectivity index (χ1n) is 9.78. The third-order valence-corrected chi connectivity index (χ3v) is 6.08. The summed E-state index contributed by atoms with van der Waals surface area (Å²) in [6.07, 6.45) is 2.00. The summed E-state index contributed by atoms with van der Waals surface area (Å²) in [5, 5.41) is 8.26. The van der Waals surface area contributed by atoms with E-state index >= 15 is 0 Å². The van der Waals surface area contributed by atoms with Crippen molar-refractivity contribution in [2.75, 3.05) is 17.2 Å². The summed E-state index contributed by atoms with van der Waals surface area (Å²) in [7, 11) is 0. The number of nitrogens with one attached hydrogen (secondary N) is 3. The Morgan fingerprint density at radius 1 is 1.12 bits per heavy atom. The summed E-state index contributed by atoms with van der Waals surface area (Å²) in [6.45, 7) is 2.51. The largest absolute Gasteiger partial charge is 0.494 e. The molecule has 0 bridgehead atoms. The standard InChI is InChI=1S/C21H19N5O4S2/c1-2-30-14-5-6-15-16(9-14)32-21(24-15)25-18(28)8-4-13-11-31-20(23-13)26-19(29)12-3-7-17(27)22-10-12/h3,5-7,9-11H,2,4,8H2,1H3,(H,22,27)(H,23,26,29)(H,24,25,28). The number of carbonyl (C=O) groups excluding carboxylic acids is 2. The number of thiazole rings is 2. The highest BCUT2D eigenvalue weighted by atomic mass is 32.1. The Labute approximate surface area is 190 Å². The average molecular weight is 470 g/mol. The Kier molecular flexibility index (Phi) is 6.57. The number of hydrogen-bond donors (Lipinski definition) is 3. The van der Waals surface area contributed by atoms with E-state index in [9.17, 15) is 14.4 Å². The number of rotatable bonds is 8. The lowest BCUT2D eigenvalue weighted by Crippen LogP contribution is -2.14. The highest BCUT2D eigenvalue weighted by Gasteiger charge is 2.12. The molecule has 0 atom stereocenters. The number of nitrogens with zero attached hydrogens (tertiary/aromatic N) is 2. The van der Waals surface area contributed by atoms with Crippen LogP contribution >= 0.6 is 22.7 Å². The molecule has 11 heteroatoms. The predicted octanol–water partition coefficient (Wildman–Crippen LogP) is 3.66. The third-order valence-electron chi connectivity index (χ3n) is 4.34. The molecule has 0 aliphatic heterocycles. The number of fused-ring (bicyclic) bond motifs is 1. The topological polar surface area (TPSA) is 126 Å². The minimum absolute atomic E-state index is 0.166. The molecule has 4 aromatic rings. The van der Waals surface area contributed by atoms with Crippen molar-refractivity contribution in [2.24, 2.45) is 0 Å². The van der Waals surface area contributed by atoms with Crippen LogP contribution in [-0.4, -0.2) is 33.4 Å². The van der Waals surface area contributed by atoms with Crippen molar-refractivity contribution in [3.05, 3.63) is 63.5 Å². The maximum absolute atomic E-state index is 12.3. The molecule has 0 spiro atoms. The van der Waals surface area contributed by atoms with Gasteiger partial charge in [-0.2, -0.15) is 0 Å². The van der Waals surface area contributed by atoms with E-state index in [1.165, 1.54) is 41.0 Å². The second-order valence-corrected chi connectivity index (χ2v) is 8.56. The lowest BCUT2D eigenvalue weighted by atomic mass is 10.2. The molecule has 0 unspecified atom stereocenters. The Bertz CT molecular complexity index is 1310. The fraction of sp³-hybridized carbons (Fsp3) is 0.190. The van der Waals surface area contributed by atoms with Crippen LogP contribution in [0.25, 0.3) is 10.2 Å². The van der Waals surface area contributed by atoms with Crippen molar-refractivity contribution in [2.45, 2.75) is 19.8 Å². The van der Waals surface area contributed by atoms with Crippen molar-refractivity contribution in [1.82, 2.24) is 15.0 Å². The minimum Gasteiger partial charge on any atom is -0.494 e. The van der Waals surface area contributed by atoms with Gasteiger partial charge in [-0.15, -0.1) is 11.3 Å². The monoisotopic (exact) mass is 469 g/mol. The highest BCUT2D eigenvalue weighted by molar-refractivity contribution is 7.22. The molecule has 4 rings (SSSR count). The second-order valence-electron chi connectivity index (χ2n) is 6.67. The van der Waals surface area contributed by atoms with Gasteiger partial charge in [0.05, 0.1) is 28.1 Å². The summed E-state index contributed by atoms with van der Waals surface area (Å²) < 4.78 is 6.43. The number of carbonyl (C=O) groups is 2. The molecule has 3 N–H and O–H groups in total. The van der Waals surface area contributed by atoms with Crippen molar-refractivity contribution in [3.8, 4) is 5.75 Å². The number of anilines is 2. The van der Waals surface area contributed by atoms with E-state index in [2.05, 4.69) is 25.6 Å². The molecule has 1 aromatic carbocycles. The first-order valence-corrected chi connectivity index (χ1v) is 11.5. The van der Waals surface area contributed by atoms with Crippen LogP contribution in [0.5, 0.6) is 5.75 Å². The van der Waals surface area contributed by atoms with Gasteiger partial charge in [0, 0.05) is 24.1 Å². The van der Waals surface area contributed by atoms with E-state index in [0.29, 0.717) is 34.5 Å². The molecule has 32 heavy (non-hydrogen) atoms. The second kappa shape index (κ2) is 9.71. The van der Waals surface area contributed by atoms with E-state index < -0.39 is 0 Å². The first kappa shape index (κ1) is 21.7. The van der Waals surface area contributed by atoms with Gasteiger partial charge in [0.2, 0.25) is 11.5 Å². The number of aromatic nitrogens is 3. The zero-order chi connectivity index (χ0) is 22.5. The Balaban J connectivity index is 1.30. The number of benzene rings is 1. The van der Waals surface area contributed by atoms with Crippen molar-refractivity contribution >= 4 is 55.0 Å². The molecule has 0 aliphatic rings. The van der Waals surface area contributed by atoms with Gasteiger partial charge in [0.1, 0.15) is 5.75 Å². The van der Waals surface area contributed by atoms with Gasteiger partial charge in [-0.3, -0.25) is 19.7 Å². The smallest absolute Gasteiger partial charge is 0.258 e. The van der Waals surface area contributed by atoms with E-state index in [1.807, 2.05) is 25.1 Å². The zero-order valence-electron chi connectivity index (χ0n) is 17.0. The fourth-order valence-electron chi connectivity index (χ4n) is 2.84. The molecule has 0 saturated carbocycles. The third kappa shape index (κ3) is 5.37. The molecular weight excluding hydrogens is 450 g/mol. The maximum atomic E-state index is 12.3. The van der Waals surface area contributed by atoms with E-state index in [1.54, 1.807) is 5.38 Å². The van der Waals surface area contributed by atoms with Gasteiger partial charge in [-0.05, 0) is 37.6 Å². The summed E-state index contributed by atoms with van der Waals surface area (Å²) in [6, 6.07) is 8.35. The Morgan fingerprint density at radius 2 is 2.00 bits per heavy atom. The number of aryl methyl sites for hydroxylation is 1. The Hall–Kier alpha value is -3.57. The number of aromatic amines is 1. The first-order chi connectivity index (χ1) is 15.5. The van der Waals surface area contributed by atoms with E-state index in [-0.39, 0.29) is 23.8 Å². The van der Waals surface area contributed by atoms with Crippen LogP contribution in [0, 0.1) is 0 Å². The number of hydrogen-bond acceptors (Lipinski definition) is 8. The van der Waals surface area contributed by atoms with Crippen LogP contribution in [0.4, 0.5) is 10.3 Å². The summed E-state index contributed by atoms with van der Waals surface area (Å²) >= 11 is 2.66. The van der Waals surface area contributed by atoms with E-state index in [4.69, 9.17) is 4.74 Å². The van der Waals surface area contributed by atoms with Crippen LogP contribution in [0.2, 0.25) is 0 Å². The molecule has 0 aliphatic carbocycles. The zero-order valence-corrected chi connectivity index (χ0v) is 18.6. The lowest BCUT2D eigenvalue weighted by molar-refractivity contribution is -0.116. The van der Waals surface area contributed by atoms with Gasteiger partial charge < -0.3 is 15.0 Å². The molecule has 0 saturated heterocycles. The van der Waals surface area contributed by atoms with Crippen LogP contribution in [0.1, 0.15) is 29.4 Å². The van der Waals surface area contributed by atoms with Crippen molar-refractivity contribution in [3.63, 3.8) is 0 Å². The van der Waals surface area contributed by atoms with Gasteiger partial charge in [-0.1, -0.05) is 11.3 Å². The van der Waals surface area contributed by atoms with Crippen molar-refractivity contribution < 1.29 is 14.3 Å². The van der Waals surface area contributed by atoms with Gasteiger partial charge in [0.15, 0.2) is 10.3 Å². The number of H-pyrrole nitrogens is 1. The number of pyridine rings is 1.